The monoisotopic (exact) mass is 774 g/mol. The van der Waals surface area contributed by atoms with Crippen molar-refractivity contribution in [2.45, 2.75) is 87.2 Å². The molecule has 15 nitrogen and oxygen atoms in total. The molecule has 3 aliphatic heterocycles. The number of ether oxygens (including phenoxy) is 2. The number of likely N-dealkylation sites (N-methyl/N-ethyl adjacent to an activating group) is 1. The molecular formula is C38H40ClFN8O7. The van der Waals surface area contributed by atoms with Crippen molar-refractivity contribution in [3.05, 3.63) is 88.9 Å². The zero-order valence-electron chi connectivity index (χ0n) is 30.3. The summed E-state index contributed by atoms with van der Waals surface area (Å²) in [6.07, 6.45) is 3.05. The molecule has 10 rings (SSSR count). The van der Waals surface area contributed by atoms with Gasteiger partial charge in [-0.15, -0.1) is 10.2 Å². The van der Waals surface area contributed by atoms with Crippen LogP contribution in [0.1, 0.15) is 62.4 Å². The van der Waals surface area contributed by atoms with Crippen LogP contribution in [-0.4, -0.2) is 99.1 Å². The van der Waals surface area contributed by atoms with Gasteiger partial charge < -0.3 is 44.5 Å². The van der Waals surface area contributed by atoms with Gasteiger partial charge in [-0.1, -0.05) is 50.6 Å². The average molecular weight is 775 g/mol. The SMILES string of the molecule is CC(C)(C)c1nnc([C@H]2O[C@@H](n3cnc4c(Nc5ccc(Cl)cc5F)ncnc43)[C@H](O)[C@@H]2O)o1.CN1CC[C@]23c4c5ccc(O)c4O[C@H]2[C@@H](O)C=C[C@H]3[C@H]1C5. The number of rotatable bonds is 4. The van der Waals surface area contributed by atoms with E-state index in [1.807, 2.05) is 32.9 Å². The number of aromatic nitrogens is 6. The third kappa shape index (κ3) is 5.60. The summed E-state index contributed by atoms with van der Waals surface area (Å²) >= 11 is 5.81. The zero-order chi connectivity index (χ0) is 38.6. The second-order valence-electron chi connectivity index (χ2n) is 15.8. The molecule has 17 heteroatoms. The van der Waals surface area contributed by atoms with Crippen molar-refractivity contribution in [1.82, 2.24) is 34.6 Å². The topological polar surface area (TPSA) is 197 Å². The second-order valence-corrected chi connectivity index (χ2v) is 16.3. The number of piperidine rings is 1. The van der Waals surface area contributed by atoms with Crippen molar-refractivity contribution in [3.8, 4) is 11.5 Å². The van der Waals surface area contributed by atoms with E-state index in [2.05, 4.69) is 48.5 Å². The number of likely N-dealkylation sites (tertiary alicyclic amines) is 1. The van der Waals surface area contributed by atoms with Crippen molar-refractivity contribution in [3.63, 3.8) is 0 Å². The highest BCUT2D eigenvalue weighted by molar-refractivity contribution is 6.30. The number of hydrogen-bond acceptors (Lipinski definition) is 14. The number of nitrogens with one attached hydrogen (secondary N) is 1. The summed E-state index contributed by atoms with van der Waals surface area (Å²) in [6, 6.07) is 8.41. The van der Waals surface area contributed by atoms with Crippen LogP contribution in [0.15, 0.2) is 59.6 Å². The van der Waals surface area contributed by atoms with E-state index in [4.69, 9.17) is 25.5 Å². The van der Waals surface area contributed by atoms with Gasteiger partial charge in [-0.25, -0.2) is 19.3 Å². The molecule has 5 aromatic rings. The number of aromatic hydroxyl groups is 1. The molecule has 0 unspecified atom stereocenters. The third-order valence-electron chi connectivity index (χ3n) is 11.5. The summed E-state index contributed by atoms with van der Waals surface area (Å²) in [7, 11) is 2.19. The fourth-order valence-corrected chi connectivity index (χ4v) is 8.99. The number of nitrogens with zero attached hydrogens (tertiary/aromatic N) is 7. The maximum Gasteiger partial charge on any atom is 0.248 e. The fourth-order valence-electron chi connectivity index (χ4n) is 8.83. The lowest BCUT2D eigenvalue weighted by Gasteiger charge is -2.56. The molecule has 5 aliphatic rings. The van der Waals surface area contributed by atoms with Crippen molar-refractivity contribution in [2.75, 3.05) is 18.9 Å². The van der Waals surface area contributed by atoms with Crippen LogP contribution in [0.2, 0.25) is 5.02 Å². The third-order valence-corrected chi connectivity index (χ3v) is 11.8. The minimum atomic E-state index is -1.34. The molecule has 2 fully saturated rings. The smallest absolute Gasteiger partial charge is 0.248 e. The Morgan fingerprint density at radius 3 is 2.62 bits per heavy atom. The van der Waals surface area contributed by atoms with Crippen molar-refractivity contribution >= 4 is 34.3 Å². The quantitative estimate of drug-likeness (QED) is 0.163. The van der Waals surface area contributed by atoms with Crippen LogP contribution in [0.25, 0.3) is 11.2 Å². The minimum absolute atomic E-state index is 0.0543. The molecule has 1 spiro atoms. The van der Waals surface area contributed by atoms with E-state index in [1.165, 1.54) is 46.5 Å². The molecule has 2 aromatic carbocycles. The first-order valence-corrected chi connectivity index (χ1v) is 18.5. The number of halogens is 2. The highest BCUT2D eigenvalue weighted by Gasteiger charge is 2.64. The minimum Gasteiger partial charge on any atom is -0.504 e. The van der Waals surface area contributed by atoms with E-state index in [-0.39, 0.29) is 39.7 Å². The number of hydrogen-bond donors (Lipinski definition) is 5. The molecule has 3 aromatic heterocycles. The van der Waals surface area contributed by atoms with Gasteiger partial charge in [0, 0.05) is 33.4 Å². The lowest BCUT2D eigenvalue weighted by atomic mass is 9.53. The molecule has 5 N–H and O–H groups in total. The van der Waals surface area contributed by atoms with Gasteiger partial charge in [0.1, 0.15) is 36.6 Å². The summed E-state index contributed by atoms with van der Waals surface area (Å²) in [6.45, 7) is 6.74. The second kappa shape index (κ2) is 12.9. The van der Waals surface area contributed by atoms with Gasteiger partial charge in [0.05, 0.1) is 12.0 Å². The molecule has 2 bridgehead atoms. The lowest BCUT2D eigenvalue weighted by molar-refractivity contribution is -0.0453. The Bertz CT molecular complexity index is 2330. The molecule has 0 radical (unpaired) electrons. The Kier molecular flexibility index (Phi) is 8.45. The van der Waals surface area contributed by atoms with E-state index >= 15 is 0 Å². The standard InChI is InChI=1S/C21H21ClFN7O4.C17H19NO3/c1-21(2,3)20-29-28-18(34-20)15-13(31)14(32)19(33-15)30-8-26-12-16(24-7-25-17(12)30)27-11-5-4-9(22)6-10(11)23;1-18-7-6-17-10-3-5-13(20)16(17)21-15-12(19)4-2-9(14(15)17)8-11(10)18/h4-8,13-15,19,31-32H,1-3H3,(H,24,25,27);2-5,10-11,13,16,19-20H,6-8H2,1H3/t13-,14+,15-,19+;10-,11+,13-,16-,17-/m00/s1. The Morgan fingerprint density at radius 1 is 1.04 bits per heavy atom. The molecule has 288 valence electrons. The van der Waals surface area contributed by atoms with Gasteiger partial charge in [-0.3, -0.25) is 4.57 Å². The van der Waals surface area contributed by atoms with Crippen molar-refractivity contribution in [2.24, 2.45) is 5.92 Å². The normalized spacial score (nSPS) is 30.5. The lowest BCUT2D eigenvalue weighted by Crippen LogP contribution is -2.64. The van der Waals surface area contributed by atoms with E-state index < -0.39 is 41.9 Å². The van der Waals surface area contributed by atoms with Gasteiger partial charge in [-0.2, -0.15) is 0 Å². The molecule has 2 saturated heterocycles. The van der Waals surface area contributed by atoms with Crippen LogP contribution < -0.4 is 10.1 Å². The Hall–Kier alpha value is -4.71. The molecule has 0 saturated carbocycles. The molecule has 2 aliphatic carbocycles. The number of anilines is 2. The van der Waals surface area contributed by atoms with Gasteiger partial charge in [0.15, 0.2) is 40.8 Å². The van der Waals surface area contributed by atoms with Crippen molar-refractivity contribution < 1.29 is 38.7 Å². The Labute approximate surface area is 319 Å². The number of aliphatic hydroxyl groups excluding tert-OH is 3. The summed E-state index contributed by atoms with van der Waals surface area (Å²) < 4.78 is 33.4. The first-order valence-electron chi connectivity index (χ1n) is 18.1. The molecule has 9 atom stereocenters. The maximum atomic E-state index is 14.2. The van der Waals surface area contributed by atoms with E-state index in [1.54, 1.807) is 6.07 Å². The first-order chi connectivity index (χ1) is 26.3. The van der Waals surface area contributed by atoms with Gasteiger partial charge in [0.2, 0.25) is 11.8 Å². The van der Waals surface area contributed by atoms with Crippen LogP contribution in [0.5, 0.6) is 11.5 Å². The number of fused-ring (bicyclic) bond motifs is 1. The number of phenols is 1. The number of aliphatic hydroxyl groups is 3. The van der Waals surface area contributed by atoms with Gasteiger partial charge in [-0.05, 0) is 56.3 Å². The Balaban J connectivity index is 0.000000160. The predicted molar refractivity (Wildman–Crippen MR) is 195 cm³/mol. The van der Waals surface area contributed by atoms with Crippen molar-refractivity contribution in [1.29, 1.82) is 0 Å². The number of phenolic OH excluding ortho intramolecular Hbond substituents is 1. The number of imidazole rings is 1. The van der Waals surface area contributed by atoms with Crippen LogP contribution in [0, 0.1) is 11.7 Å². The van der Waals surface area contributed by atoms with Crippen LogP contribution >= 0.6 is 11.6 Å². The first kappa shape index (κ1) is 36.0. The zero-order valence-corrected chi connectivity index (χ0v) is 31.1. The number of benzene rings is 2. The van der Waals surface area contributed by atoms with E-state index in [0.717, 1.165) is 19.4 Å². The van der Waals surface area contributed by atoms with Crippen LogP contribution in [0.4, 0.5) is 15.9 Å². The molecule has 0 amide bonds. The summed E-state index contributed by atoms with van der Waals surface area (Å²) in [5, 5.41) is 53.1. The van der Waals surface area contributed by atoms with E-state index in [0.29, 0.717) is 34.8 Å². The fraction of sp³-hybridized carbons (Fsp3) is 0.447. The highest BCUT2D eigenvalue weighted by atomic mass is 35.5. The summed E-state index contributed by atoms with van der Waals surface area (Å²) in [5.41, 5.74) is 2.65. The summed E-state index contributed by atoms with van der Waals surface area (Å²) in [4.78, 5) is 15.1. The summed E-state index contributed by atoms with van der Waals surface area (Å²) in [5.74, 6) is 1.30. The predicted octanol–water partition coefficient (Wildman–Crippen LogP) is 4.23. The van der Waals surface area contributed by atoms with Gasteiger partial charge >= 0.3 is 0 Å². The molecule has 6 heterocycles. The highest BCUT2D eigenvalue weighted by Crippen LogP contribution is 2.62. The average Bonchev–Trinajstić information content (AvgIpc) is 3.94. The Morgan fingerprint density at radius 2 is 1.85 bits per heavy atom. The maximum absolute atomic E-state index is 14.2. The molecule has 55 heavy (non-hydrogen) atoms. The van der Waals surface area contributed by atoms with E-state index in [9.17, 15) is 24.8 Å². The molecular weight excluding hydrogens is 735 g/mol. The van der Waals surface area contributed by atoms with Crippen LogP contribution in [-0.2, 0) is 22.0 Å². The largest absolute Gasteiger partial charge is 0.504 e. The van der Waals surface area contributed by atoms with Gasteiger partial charge in [0.25, 0.3) is 0 Å². The van der Waals surface area contributed by atoms with Crippen LogP contribution in [0.3, 0.4) is 0 Å².